The van der Waals surface area contributed by atoms with Crippen LogP contribution in [0.15, 0.2) is 64.3 Å². The number of rotatable bonds is 3. The molecule has 1 aromatic carbocycles. The van der Waals surface area contributed by atoms with Crippen LogP contribution in [-0.2, 0) is 0 Å². The average molecular weight is 347 g/mol. The normalized spacial score (nSPS) is 12.5. The summed E-state index contributed by atoms with van der Waals surface area (Å²) in [4.78, 5) is 23.1. The number of para-hydroxylation sites is 2. The van der Waals surface area contributed by atoms with Crippen molar-refractivity contribution in [3.8, 4) is 11.6 Å². The maximum Gasteiger partial charge on any atom is 0.299 e. The zero-order chi connectivity index (χ0) is 18.1. The number of pyridine rings is 1. The van der Waals surface area contributed by atoms with E-state index in [1.165, 1.54) is 4.68 Å². The third-order valence-corrected chi connectivity index (χ3v) is 4.11. The lowest BCUT2D eigenvalue weighted by Crippen LogP contribution is -2.19. The highest BCUT2D eigenvalue weighted by molar-refractivity contribution is 5.75. The van der Waals surface area contributed by atoms with Crippen LogP contribution in [-0.4, -0.2) is 27.2 Å². The lowest BCUT2D eigenvalue weighted by atomic mass is 10.3. The fourth-order valence-electron chi connectivity index (χ4n) is 2.85. The van der Waals surface area contributed by atoms with Gasteiger partial charge in [0.05, 0.1) is 17.3 Å². The van der Waals surface area contributed by atoms with Crippen molar-refractivity contribution in [3.63, 3.8) is 0 Å². The number of aromatic nitrogens is 3. The molecule has 0 spiro atoms. The minimum atomic E-state index is -0.284. The fourth-order valence-corrected chi connectivity index (χ4v) is 2.85. The summed E-state index contributed by atoms with van der Waals surface area (Å²) in [5, 5.41) is 2.99. The van der Waals surface area contributed by atoms with E-state index >= 15 is 0 Å². The molecule has 26 heavy (non-hydrogen) atoms. The summed E-state index contributed by atoms with van der Waals surface area (Å²) in [5.41, 5.74) is 1.59. The van der Waals surface area contributed by atoms with E-state index in [0.29, 0.717) is 23.9 Å². The van der Waals surface area contributed by atoms with Crippen LogP contribution in [0.1, 0.15) is 12.6 Å². The summed E-state index contributed by atoms with van der Waals surface area (Å²) in [5.74, 6) is 4.62. The third-order valence-electron chi connectivity index (χ3n) is 4.11. The lowest BCUT2D eigenvalue weighted by Gasteiger charge is -2.12. The highest BCUT2D eigenvalue weighted by Gasteiger charge is 2.24. The average Bonchev–Trinajstić information content (AvgIpc) is 3.17. The Morgan fingerprint density at radius 2 is 2.04 bits per heavy atom. The van der Waals surface area contributed by atoms with Crippen LogP contribution >= 0.6 is 0 Å². The predicted octanol–water partition coefficient (Wildman–Crippen LogP) is 2.93. The van der Waals surface area contributed by atoms with E-state index in [2.05, 4.69) is 20.9 Å². The second-order valence-corrected chi connectivity index (χ2v) is 5.76. The molecule has 0 fully saturated rings. The highest BCUT2D eigenvalue weighted by Crippen LogP contribution is 2.37. The smallest absolute Gasteiger partial charge is 0.299 e. The maximum absolute atomic E-state index is 12.7. The van der Waals surface area contributed by atoms with Crippen LogP contribution in [0.25, 0.3) is 5.82 Å². The molecule has 130 valence electrons. The first kappa shape index (κ1) is 15.9. The molecule has 1 aliphatic rings. The molecular formula is C19H17N5O2. The van der Waals surface area contributed by atoms with Gasteiger partial charge in [-0.2, -0.15) is 9.67 Å². The molecule has 3 heterocycles. The van der Waals surface area contributed by atoms with Gasteiger partial charge in [-0.25, -0.2) is 4.98 Å². The first-order valence-corrected chi connectivity index (χ1v) is 8.30. The van der Waals surface area contributed by atoms with Gasteiger partial charge in [0.2, 0.25) is 0 Å². The van der Waals surface area contributed by atoms with Crippen LogP contribution in [0.5, 0.6) is 5.75 Å². The van der Waals surface area contributed by atoms with E-state index in [-0.39, 0.29) is 11.2 Å². The second-order valence-electron chi connectivity index (χ2n) is 5.76. The summed E-state index contributed by atoms with van der Waals surface area (Å²) < 4.78 is 7.17. The summed E-state index contributed by atoms with van der Waals surface area (Å²) in [6, 6.07) is 13.1. The molecule has 0 saturated carbocycles. The van der Waals surface area contributed by atoms with E-state index in [1.807, 2.05) is 42.2 Å². The molecule has 0 radical (unpaired) electrons. The Labute approximate surface area is 149 Å². The van der Waals surface area contributed by atoms with Crippen molar-refractivity contribution in [1.82, 2.24) is 14.8 Å². The van der Waals surface area contributed by atoms with E-state index in [0.717, 1.165) is 11.4 Å². The van der Waals surface area contributed by atoms with Gasteiger partial charge < -0.3 is 9.64 Å². The molecule has 4 rings (SSSR count). The van der Waals surface area contributed by atoms with Crippen molar-refractivity contribution in [2.24, 2.45) is 4.99 Å². The SMILES string of the molecule is CCN1C(=C=Nc2c(C)[nH]n(-c3ccccn3)c2=O)Oc2ccccc21. The third kappa shape index (κ3) is 2.60. The summed E-state index contributed by atoms with van der Waals surface area (Å²) in [6.07, 6.45) is 1.63. The van der Waals surface area contributed by atoms with Crippen molar-refractivity contribution in [1.29, 1.82) is 0 Å². The Balaban J connectivity index is 1.75. The minimum Gasteiger partial charge on any atom is -0.431 e. The Morgan fingerprint density at radius 3 is 2.81 bits per heavy atom. The Morgan fingerprint density at radius 1 is 1.23 bits per heavy atom. The van der Waals surface area contributed by atoms with Gasteiger partial charge in [0.1, 0.15) is 0 Å². The molecule has 1 N–H and O–H groups in total. The number of hydrogen-bond acceptors (Lipinski definition) is 5. The Hall–Kier alpha value is -3.57. The summed E-state index contributed by atoms with van der Waals surface area (Å²) in [6.45, 7) is 4.51. The molecule has 1 aliphatic heterocycles. The van der Waals surface area contributed by atoms with Gasteiger partial charge in [0, 0.05) is 12.7 Å². The number of nitrogens with zero attached hydrogens (tertiary/aromatic N) is 4. The molecule has 0 saturated heterocycles. The Kier molecular flexibility index (Phi) is 3.91. The number of hydrogen-bond donors (Lipinski definition) is 1. The summed E-state index contributed by atoms with van der Waals surface area (Å²) >= 11 is 0. The van der Waals surface area contributed by atoms with Gasteiger partial charge >= 0.3 is 0 Å². The van der Waals surface area contributed by atoms with E-state index in [4.69, 9.17) is 4.74 Å². The van der Waals surface area contributed by atoms with Crippen LogP contribution in [0, 0.1) is 6.92 Å². The van der Waals surface area contributed by atoms with E-state index in [9.17, 15) is 4.79 Å². The van der Waals surface area contributed by atoms with Gasteiger partial charge in [0.15, 0.2) is 17.3 Å². The monoisotopic (exact) mass is 347 g/mol. The number of nitrogens with one attached hydrogen (secondary N) is 1. The van der Waals surface area contributed by atoms with Gasteiger partial charge in [-0.1, -0.05) is 18.2 Å². The second kappa shape index (κ2) is 6.38. The van der Waals surface area contributed by atoms with E-state index < -0.39 is 0 Å². The predicted molar refractivity (Wildman–Crippen MR) is 99.6 cm³/mol. The highest BCUT2D eigenvalue weighted by atomic mass is 16.5. The zero-order valence-corrected chi connectivity index (χ0v) is 14.4. The minimum absolute atomic E-state index is 0.277. The molecule has 7 heteroatoms. The molecule has 0 amide bonds. The molecule has 2 aromatic heterocycles. The molecule has 0 bridgehead atoms. The topological polar surface area (TPSA) is 75.5 Å². The maximum atomic E-state index is 12.7. The van der Waals surface area contributed by atoms with Crippen molar-refractivity contribution < 1.29 is 4.74 Å². The fraction of sp³-hybridized carbons (Fsp3) is 0.158. The standard InChI is InChI=1S/C19H17N5O2/c1-3-23-14-8-4-5-9-15(14)26-17(23)12-21-18-13(2)22-24(19(18)25)16-10-6-7-11-20-16/h4-11,22H,3H2,1-2H3. The largest absolute Gasteiger partial charge is 0.431 e. The molecule has 0 aliphatic carbocycles. The van der Waals surface area contributed by atoms with Crippen molar-refractivity contribution >= 4 is 17.2 Å². The van der Waals surface area contributed by atoms with Crippen molar-refractivity contribution in [3.05, 3.63) is 70.6 Å². The molecule has 0 unspecified atom stereocenters. The van der Waals surface area contributed by atoms with Crippen LogP contribution in [0.3, 0.4) is 0 Å². The molecule has 7 nitrogen and oxygen atoms in total. The molecule has 0 atom stereocenters. The van der Waals surface area contributed by atoms with E-state index in [1.54, 1.807) is 25.3 Å². The number of benzene rings is 1. The van der Waals surface area contributed by atoms with Crippen LogP contribution in [0.2, 0.25) is 0 Å². The molecule has 3 aromatic rings. The molecular weight excluding hydrogens is 330 g/mol. The number of aromatic amines is 1. The number of ether oxygens (including phenoxy) is 1. The lowest BCUT2D eigenvalue weighted by molar-refractivity contribution is 0.448. The van der Waals surface area contributed by atoms with Crippen molar-refractivity contribution in [2.75, 3.05) is 11.4 Å². The zero-order valence-electron chi connectivity index (χ0n) is 14.4. The number of anilines is 1. The number of aryl methyl sites for hydroxylation is 1. The van der Waals surface area contributed by atoms with Gasteiger partial charge in [-0.05, 0) is 38.1 Å². The van der Waals surface area contributed by atoms with Gasteiger partial charge in [-0.3, -0.25) is 9.89 Å². The first-order valence-electron chi connectivity index (χ1n) is 8.30. The number of H-pyrrole nitrogens is 1. The first-order chi connectivity index (χ1) is 12.7. The van der Waals surface area contributed by atoms with Crippen molar-refractivity contribution in [2.45, 2.75) is 13.8 Å². The number of aliphatic imine (C=N–C) groups is 1. The van der Waals surface area contributed by atoms with Crippen LogP contribution < -0.4 is 15.2 Å². The quantitative estimate of drug-likeness (QED) is 0.739. The number of fused-ring (bicyclic) bond motifs is 1. The summed E-state index contributed by atoms with van der Waals surface area (Å²) in [7, 11) is 0. The van der Waals surface area contributed by atoms with Gasteiger partial charge in [-0.15, -0.1) is 0 Å². The van der Waals surface area contributed by atoms with Gasteiger partial charge in [0.25, 0.3) is 11.4 Å². The Bertz CT molecular complexity index is 1070. The van der Waals surface area contributed by atoms with Crippen LogP contribution in [0.4, 0.5) is 11.4 Å².